The van der Waals surface area contributed by atoms with Crippen LogP contribution in [-0.2, 0) is 11.2 Å². The first-order valence-electron chi connectivity index (χ1n) is 9.07. The van der Waals surface area contributed by atoms with E-state index in [1.807, 2.05) is 66.9 Å². The van der Waals surface area contributed by atoms with Crippen LogP contribution in [0.1, 0.15) is 26.4 Å². The van der Waals surface area contributed by atoms with Crippen molar-refractivity contribution in [3.05, 3.63) is 99.4 Å². The Morgan fingerprint density at radius 3 is 2.39 bits per heavy atom. The first kappa shape index (κ1) is 19.6. The van der Waals surface area contributed by atoms with Gasteiger partial charge in [-0.2, -0.15) is 0 Å². The first-order chi connectivity index (χ1) is 13.6. The molecule has 0 fully saturated rings. The topological polar surface area (TPSA) is 58.2 Å². The van der Waals surface area contributed by atoms with Crippen molar-refractivity contribution in [1.29, 1.82) is 0 Å². The molecular weight excluding hydrogens is 368 g/mol. The minimum atomic E-state index is -0.305. The number of carbonyl (C=O) groups excluding carboxylic acids is 2. The number of aryl methyl sites for hydroxylation is 1. The van der Waals surface area contributed by atoms with Crippen molar-refractivity contribution < 1.29 is 9.59 Å². The summed E-state index contributed by atoms with van der Waals surface area (Å²) in [5.74, 6) is -0.606. The van der Waals surface area contributed by atoms with E-state index in [0.717, 1.165) is 22.4 Å². The fraction of sp³-hybridized carbons (Fsp3) is 0.130. The lowest BCUT2D eigenvalue weighted by atomic mass is 10.1. The Bertz CT molecular complexity index is 946. The second kappa shape index (κ2) is 9.67. The number of rotatable bonds is 7. The third-order valence-electron chi connectivity index (χ3n) is 4.18. The van der Waals surface area contributed by atoms with E-state index in [1.165, 1.54) is 11.3 Å². The van der Waals surface area contributed by atoms with Crippen molar-refractivity contribution in [2.45, 2.75) is 13.3 Å². The molecule has 4 nitrogen and oxygen atoms in total. The van der Waals surface area contributed by atoms with Gasteiger partial charge in [-0.15, -0.1) is 11.3 Å². The molecule has 2 amide bonds. The Labute approximate surface area is 168 Å². The minimum absolute atomic E-state index is 0.237. The quantitative estimate of drug-likeness (QED) is 0.595. The highest BCUT2D eigenvalue weighted by atomic mass is 32.1. The van der Waals surface area contributed by atoms with Crippen LogP contribution in [0, 0.1) is 6.92 Å². The van der Waals surface area contributed by atoms with E-state index in [4.69, 9.17) is 0 Å². The highest BCUT2D eigenvalue weighted by Gasteiger charge is 2.14. The van der Waals surface area contributed by atoms with E-state index < -0.39 is 0 Å². The fourth-order valence-electron chi connectivity index (χ4n) is 2.63. The summed E-state index contributed by atoms with van der Waals surface area (Å²) in [6.45, 7) is 2.45. The van der Waals surface area contributed by atoms with Crippen molar-refractivity contribution in [2.24, 2.45) is 0 Å². The van der Waals surface area contributed by atoms with Crippen LogP contribution < -0.4 is 10.6 Å². The predicted octanol–water partition coefficient (Wildman–Crippen LogP) is 4.19. The van der Waals surface area contributed by atoms with Gasteiger partial charge in [0.1, 0.15) is 5.70 Å². The monoisotopic (exact) mass is 390 g/mol. The number of benzene rings is 2. The smallest absolute Gasteiger partial charge is 0.267 e. The molecule has 0 aliphatic carbocycles. The summed E-state index contributed by atoms with van der Waals surface area (Å²) >= 11 is 1.51. The SMILES string of the molecule is Cc1ccc(C(=O)N/C(=C/c2cccs2)C(=O)NCCc2ccccc2)cc1. The third kappa shape index (κ3) is 5.66. The van der Waals surface area contributed by atoms with Gasteiger partial charge in [0.15, 0.2) is 0 Å². The zero-order valence-electron chi connectivity index (χ0n) is 15.6. The van der Waals surface area contributed by atoms with Gasteiger partial charge in [0.2, 0.25) is 0 Å². The van der Waals surface area contributed by atoms with Crippen molar-refractivity contribution >= 4 is 29.2 Å². The molecule has 0 aliphatic rings. The molecule has 0 spiro atoms. The van der Waals surface area contributed by atoms with E-state index in [1.54, 1.807) is 18.2 Å². The number of thiophene rings is 1. The molecule has 2 aromatic carbocycles. The highest BCUT2D eigenvalue weighted by Crippen LogP contribution is 2.13. The van der Waals surface area contributed by atoms with Gasteiger partial charge >= 0.3 is 0 Å². The number of hydrogen-bond donors (Lipinski definition) is 2. The van der Waals surface area contributed by atoms with Crippen LogP contribution in [0.4, 0.5) is 0 Å². The Morgan fingerprint density at radius 2 is 1.71 bits per heavy atom. The molecular formula is C23H22N2O2S. The van der Waals surface area contributed by atoms with Gasteiger partial charge in [-0.3, -0.25) is 9.59 Å². The standard InChI is InChI=1S/C23H22N2O2S/c1-17-9-11-19(12-10-17)22(26)25-21(16-20-8-5-15-28-20)23(27)24-14-13-18-6-3-2-4-7-18/h2-12,15-16H,13-14H2,1H3,(H,24,27)(H,25,26)/b21-16+. The van der Waals surface area contributed by atoms with Crippen LogP contribution >= 0.6 is 11.3 Å². The maximum absolute atomic E-state index is 12.7. The largest absolute Gasteiger partial charge is 0.350 e. The molecule has 1 aromatic heterocycles. The zero-order chi connectivity index (χ0) is 19.8. The van der Waals surface area contributed by atoms with Gasteiger partial charge in [0.25, 0.3) is 11.8 Å². The number of carbonyl (C=O) groups is 2. The maximum Gasteiger partial charge on any atom is 0.267 e. The number of hydrogen-bond acceptors (Lipinski definition) is 3. The Balaban J connectivity index is 1.68. The molecule has 0 radical (unpaired) electrons. The summed E-state index contributed by atoms with van der Waals surface area (Å²) in [6.07, 6.45) is 2.43. The maximum atomic E-state index is 12.7. The van der Waals surface area contributed by atoms with Crippen LogP contribution in [0.25, 0.3) is 6.08 Å². The Kier molecular flexibility index (Phi) is 6.76. The van der Waals surface area contributed by atoms with Crippen LogP contribution in [-0.4, -0.2) is 18.4 Å². The Morgan fingerprint density at radius 1 is 0.964 bits per heavy atom. The predicted molar refractivity (Wildman–Crippen MR) is 114 cm³/mol. The van der Waals surface area contributed by atoms with Crippen LogP contribution in [0.2, 0.25) is 0 Å². The average Bonchev–Trinajstić information content (AvgIpc) is 3.22. The summed E-state index contributed by atoms with van der Waals surface area (Å²) in [5, 5.41) is 7.58. The molecule has 0 saturated carbocycles. The summed E-state index contributed by atoms with van der Waals surface area (Å²) in [4.78, 5) is 26.2. The van der Waals surface area contributed by atoms with Crippen LogP contribution in [0.3, 0.4) is 0 Å². The molecule has 0 atom stereocenters. The molecule has 3 rings (SSSR count). The first-order valence-corrected chi connectivity index (χ1v) is 9.95. The molecule has 0 unspecified atom stereocenters. The normalized spacial score (nSPS) is 11.1. The summed E-state index contributed by atoms with van der Waals surface area (Å²) in [5.41, 5.74) is 2.97. The van der Waals surface area contributed by atoms with Crippen molar-refractivity contribution in [1.82, 2.24) is 10.6 Å². The lowest BCUT2D eigenvalue weighted by molar-refractivity contribution is -0.117. The van der Waals surface area contributed by atoms with E-state index in [2.05, 4.69) is 10.6 Å². The van der Waals surface area contributed by atoms with E-state index in [9.17, 15) is 9.59 Å². The zero-order valence-corrected chi connectivity index (χ0v) is 16.5. The van der Waals surface area contributed by atoms with Gasteiger partial charge in [0.05, 0.1) is 0 Å². The van der Waals surface area contributed by atoms with Gasteiger partial charge in [0, 0.05) is 17.0 Å². The molecule has 5 heteroatoms. The molecule has 1 heterocycles. The molecule has 3 aromatic rings. The second-order valence-corrected chi connectivity index (χ2v) is 7.36. The lowest BCUT2D eigenvalue weighted by Gasteiger charge is -2.11. The fourth-order valence-corrected chi connectivity index (χ4v) is 3.29. The Hall–Kier alpha value is -3.18. The summed E-state index contributed by atoms with van der Waals surface area (Å²) in [7, 11) is 0. The van der Waals surface area contributed by atoms with E-state index >= 15 is 0 Å². The summed E-state index contributed by atoms with van der Waals surface area (Å²) < 4.78 is 0. The van der Waals surface area contributed by atoms with E-state index in [-0.39, 0.29) is 17.5 Å². The molecule has 0 aliphatic heterocycles. The van der Waals surface area contributed by atoms with Crippen molar-refractivity contribution in [3.8, 4) is 0 Å². The van der Waals surface area contributed by atoms with Crippen molar-refractivity contribution in [2.75, 3.05) is 6.54 Å². The van der Waals surface area contributed by atoms with Gasteiger partial charge in [-0.1, -0.05) is 54.1 Å². The molecule has 0 bridgehead atoms. The van der Waals surface area contributed by atoms with Crippen LogP contribution in [0.5, 0.6) is 0 Å². The highest BCUT2D eigenvalue weighted by molar-refractivity contribution is 7.10. The third-order valence-corrected chi connectivity index (χ3v) is 5.00. The molecule has 0 saturated heterocycles. The second-order valence-electron chi connectivity index (χ2n) is 6.39. The number of nitrogens with one attached hydrogen (secondary N) is 2. The summed E-state index contributed by atoms with van der Waals surface area (Å²) in [6, 6.07) is 21.0. The van der Waals surface area contributed by atoms with Gasteiger partial charge in [-0.05, 0) is 48.6 Å². The minimum Gasteiger partial charge on any atom is -0.350 e. The number of amides is 2. The van der Waals surface area contributed by atoms with Crippen LogP contribution in [0.15, 0.2) is 77.8 Å². The van der Waals surface area contributed by atoms with E-state index in [0.29, 0.717) is 12.1 Å². The molecule has 28 heavy (non-hydrogen) atoms. The lowest BCUT2D eigenvalue weighted by Crippen LogP contribution is -2.35. The average molecular weight is 391 g/mol. The van der Waals surface area contributed by atoms with Gasteiger partial charge in [-0.25, -0.2) is 0 Å². The molecule has 142 valence electrons. The van der Waals surface area contributed by atoms with Gasteiger partial charge < -0.3 is 10.6 Å². The molecule has 2 N–H and O–H groups in total. The van der Waals surface area contributed by atoms with Crippen molar-refractivity contribution in [3.63, 3.8) is 0 Å².